The van der Waals surface area contributed by atoms with Crippen molar-refractivity contribution in [3.8, 4) is 5.75 Å². The lowest BCUT2D eigenvalue weighted by atomic mass is 10.3. The molecule has 0 aromatic heterocycles. The zero-order valence-corrected chi connectivity index (χ0v) is 12.3. The normalized spacial score (nSPS) is 10.3. The fourth-order valence-corrected chi connectivity index (χ4v) is 2.28. The van der Waals surface area contributed by atoms with Crippen molar-refractivity contribution in [2.75, 3.05) is 18.5 Å². The molecule has 2 nitrogen and oxygen atoms in total. The predicted octanol–water partition coefficient (Wildman–Crippen LogP) is 5.14. The summed E-state index contributed by atoms with van der Waals surface area (Å²) in [6.07, 6.45) is 0. The van der Waals surface area contributed by atoms with E-state index < -0.39 is 0 Å². The summed E-state index contributed by atoms with van der Waals surface area (Å²) in [5.74, 6) is 0.651. The third-order valence-electron chi connectivity index (χ3n) is 2.40. The Hall–Kier alpha value is -1.09. The first kappa shape index (κ1) is 14.3. The van der Waals surface area contributed by atoms with Crippen molar-refractivity contribution in [3.05, 3.63) is 57.5 Å². The zero-order valence-electron chi connectivity index (χ0n) is 10.00. The van der Waals surface area contributed by atoms with Crippen LogP contribution in [-0.2, 0) is 0 Å². The summed E-state index contributed by atoms with van der Waals surface area (Å²) in [7, 11) is 0. The molecule has 0 bridgehead atoms. The molecule has 0 atom stereocenters. The second kappa shape index (κ2) is 6.90. The van der Waals surface area contributed by atoms with Crippen LogP contribution in [0, 0.1) is 0 Å². The van der Waals surface area contributed by atoms with Gasteiger partial charge in [-0.1, -0.05) is 46.9 Å². The molecule has 0 amide bonds. The Morgan fingerprint density at radius 1 is 0.947 bits per heavy atom. The second-order valence-corrected chi connectivity index (χ2v) is 5.14. The molecule has 19 heavy (non-hydrogen) atoms. The van der Waals surface area contributed by atoms with Crippen LogP contribution in [0.5, 0.6) is 5.75 Å². The van der Waals surface area contributed by atoms with Gasteiger partial charge in [0.2, 0.25) is 0 Å². The van der Waals surface area contributed by atoms with Crippen LogP contribution in [0.25, 0.3) is 0 Å². The maximum Gasteiger partial charge on any atom is 0.122 e. The highest BCUT2D eigenvalue weighted by Gasteiger charge is 2.00. The lowest BCUT2D eigenvalue weighted by molar-refractivity contribution is 0.333. The van der Waals surface area contributed by atoms with Gasteiger partial charge in [0.25, 0.3) is 0 Å². The van der Waals surface area contributed by atoms with Crippen molar-refractivity contribution in [1.82, 2.24) is 0 Å². The first-order valence-corrected chi connectivity index (χ1v) is 6.86. The molecule has 2 rings (SSSR count). The summed E-state index contributed by atoms with van der Waals surface area (Å²) in [5, 5.41) is 4.99. The number of hydrogen-bond acceptors (Lipinski definition) is 2. The van der Waals surface area contributed by atoms with Crippen LogP contribution in [0.4, 0.5) is 5.69 Å². The van der Waals surface area contributed by atoms with E-state index in [1.54, 1.807) is 18.2 Å². The molecule has 0 spiro atoms. The number of hydrogen-bond donors (Lipinski definition) is 1. The van der Waals surface area contributed by atoms with Gasteiger partial charge in [-0.3, -0.25) is 0 Å². The molecule has 0 radical (unpaired) electrons. The number of para-hydroxylation sites is 1. The Morgan fingerprint density at radius 3 is 2.32 bits per heavy atom. The Kier molecular flexibility index (Phi) is 5.20. The fourth-order valence-electron chi connectivity index (χ4n) is 1.57. The summed E-state index contributed by atoms with van der Waals surface area (Å²) in [6.45, 7) is 1.12. The lowest BCUT2D eigenvalue weighted by Gasteiger charge is -2.10. The monoisotopic (exact) mass is 315 g/mol. The first-order valence-electron chi connectivity index (χ1n) is 5.72. The summed E-state index contributed by atoms with van der Waals surface area (Å²) in [5.41, 5.74) is 0.886. The zero-order chi connectivity index (χ0) is 13.7. The van der Waals surface area contributed by atoms with Gasteiger partial charge in [0.05, 0.1) is 10.7 Å². The molecule has 2 aromatic rings. The molecular formula is C14H12Cl3NO. The van der Waals surface area contributed by atoms with Crippen molar-refractivity contribution in [3.63, 3.8) is 0 Å². The predicted molar refractivity (Wildman–Crippen MR) is 81.9 cm³/mol. The van der Waals surface area contributed by atoms with Crippen molar-refractivity contribution in [1.29, 1.82) is 0 Å². The van der Waals surface area contributed by atoms with Gasteiger partial charge in [0.15, 0.2) is 0 Å². The van der Waals surface area contributed by atoms with E-state index in [0.717, 1.165) is 5.69 Å². The summed E-state index contributed by atoms with van der Waals surface area (Å²) in [4.78, 5) is 0. The largest absolute Gasteiger partial charge is 0.492 e. The fraction of sp³-hybridized carbons (Fsp3) is 0.143. The molecule has 0 aliphatic heterocycles. The second-order valence-electron chi connectivity index (χ2n) is 3.86. The average Bonchev–Trinajstić information content (AvgIpc) is 2.35. The van der Waals surface area contributed by atoms with Crippen molar-refractivity contribution in [2.45, 2.75) is 0 Å². The number of benzene rings is 2. The van der Waals surface area contributed by atoms with Crippen LogP contribution in [0.15, 0.2) is 42.5 Å². The minimum Gasteiger partial charge on any atom is -0.492 e. The van der Waals surface area contributed by atoms with E-state index in [1.807, 2.05) is 24.3 Å². The van der Waals surface area contributed by atoms with Gasteiger partial charge >= 0.3 is 0 Å². The number of ether oxygens (including phenoxy) is 1. The van der Waals surface area contributed by atoms with E-state index in [9.17, 15) is 0 Å². The molecule has 0 saturated carbocycles. The molecule has 2 aromatic carbocycles. The maximum absolute atomic E-state index is 6.02. The van der Waals surface area contributed by atoms with Crippen molar-refractivity contribution >= 4 is 40.5 Å². The van der Waals surface area contributed by atoms with Gasteiger partial charge in [-0.05, 0) is 30.3 Å². The first-order chi connectivity index (χ1) is 9.15. The third kappa shape index (κ3) is 4.50. The van der Waals surface area contributed by atoms with Gasteiger partial charge in [0.1, 0.15) is 12.4 Å². The van der Waals surface area contributed by atoms with Gasteiger partial charge in [-0.25, -0.2) is 0 Å². The SMILES string of the molecule is Clc1cc(Cl)cc(OCCNc2ccccc2Cl)c1. The van der Waals surface area contributed by atoms with E-state index in [2.05, 4.69) is 5.32 Å². The quantitative estimate of drug-likeness (QED) is 0.771. The molecule has 0 aliphatic carbocycles. The molecule has 0 heterocycles. The molecule has 0 fully saturated rings. The van der Waals surface area contributed by atoms with Gasteiger partial charge in [0, 0.05) is 16.6 Å². The van der Waals surface area contributed by atoms with E-state index in [1.165, 1.54) is 0 Å². The Balaban J connectivity index is 1.82. The number of anilines is 1. The topological polar surface area (TPSA) is 21.3 Å². The van der Waals surface area contributed by atoms with Gasteiger partial charge in [-0.15, -0.1) is 0 Å². The summed E-state index contributed by atoms with van der Waals surface area (Å²) >= 11 is 17.8. The van der Waals surface area contributed by atoms with E-state index in [-0.39, 0.29) is 0 Å². The number of nitrogens with one attached hydrogen (secondary N) is 1. The van der Waals surface area contributed by atoms with Crippen LogP contribution in [0.2, 0.25) is 15.1 Å². The van der Waals surface area contributed by atoms with Crippen LogP contribution in [0.1, 0.15) is 0 Å². The van der Waals surface area contributed by atoms with Crippen LogP contribution < -0.4 is 10.1 Å². The molecule has 0 aliphatic rings. The van der Waals surface area contributed by atoms with Crippen LogP contribution >= 0.6 is 34.8 Å². The smallest absolute Gasteiger partial charge is 0.122 e. The molecule has 1 N–H and O–H groups in total. The molecular weight excluding hydrogens is 305 g/mol. The standard InChI is InChI=1S/C14H12Cl3NO/c15-10-7-11(16)9-12(8-10)19-6-5-18-14-4-2-1-3-13(14)17/h1-4,7-9,18H,5-6H2. The minimum absolute atomic E-state index is 0.488. The third-order valence-corrected chi connectivity index (χ3v) is 3.16. The number of rotatable bonds is 5. The van der Waals surface area contributed by atoms with Gasteiger partial charge < -0.3 is 10.1 Å². The van der Waals surface area contributed by atoms with Crippen LogP contribution in [-0.4, -0.2) is 13.2 Å². The number of halogens is 3. The minimum atomic E-state index is 0.488. The molecule has 5 heteroatoms. The summed E-state index contributed by atoms with van der Waals surface area (Å²) in [6, 6.07) is 12.7. The lowest BCUT2D eigenvalue weighted by Crippen LogP contribution is -2.11. The van der Waals surface area contributed by atoms with Crippen LogP contribution in [0.3, 0.4) is 0 Å². The van der Waals surface area contributed by atoms with E-state index >= 15 is 0 Å². The maximum atomic E-state index is 6.02. The molecule has 0 saturated heterocycles. The van der Waals surface area contributed by atoms with E-state index in [0.29, 0.717) is 34.0 Å². The Bertz CT molecular complexity index is 540. The average molecular weight is 317 g/mol. The van der Waals surface area contributed by atoms with Crippen molar-refractivity contribution in [2.24, 2.45) is 0 Å². The molecule has 100 valence electrons. The highest BCUT2D eigenvalue weighted by Crippen LogP contribution is 2.24. The van der Waals surface area contributed by atoms with E-state index in [4.69, 9.17) is 39.5 Å². The summed E-state index contributed by atoms with van der Waals surface area (Å²) < 4.78 is 5.55. The highest BCUT2D eigenvalue weighted by atomic mass is 35.5. The Morgan fingerprint density at radius 2 is 1.63 bits per heavy atom. The van der Waals surface area contributed by atoms with Crippen molar-refractivity contribution < 1.29 is 4.74 Å². The Labute approximate surface area is 127 Å². The highest BCUT2D eigenvalue weighted by molar-refractivity contribution is 6.34. The van der Waals surface area contributed by atoms with Gasteiger partial charge in [-0.2, -0.15) is 0 Å². The molecule has 0 unspecified atom stereocenters.